The summed E-state index contributed by atoms with van der Waals surface area (Å²) in [6.07, 6.45) is 2.76. The SMILES string of the molecule is CCOC(=O)C1(Cn2ncc3nc(NCc4ccc(Cl)c(Cl)c4)[nH]c(=O)c32)CCNCC1.Cl. The van der Waals surface area contributed by atoms with Gasteiger partial charge >= 0.3 is 5.97 Å². The Morgan fingerprint density at radius 1 is 1.27 bits per heavy atom. The van der Waals surface area contributed by atoms with Gasteiger partial charge in [0.15, 0.2) is 5.52 Å². The quantitative estimate of drug-likeness (QED) is 0.413. The molecule has 3 heterocycles. The number of rotatable bonds is 7. The van der Waals surface area contributed by atoms with Crippen LogP contribution in [0.2, 0.25) is 10.0 Å². The van der Waals surface area contributed by atoms with Crippen molar-refractivity contribution in [3.63, 3.8) is 0 Å². The molecule has 9 nitrogen and oxygen atoms in total. The van der Waals surface area contributed by atoms with Gasteiger partial charge in [-0.1, -0.05) is 29.3 Å². The highest BCUT2D eigenvalue weighted by molar-refractivity contribution is 6.42. The molecule has 3 N–H and O–H groups in total. The standard InChI is InChI=1S/C21H24Cl2N6O3.ClH/c1-2-32-19(31)21(5-7-24-8-6-21)12-29-17-16(11-26-29)27-20(28-18(17)30)25-10-13-3-4-14(22)15(23)9-13;/h3-4,9,11,24H,2,5-8,10,12H2,1H3,(H2,25,27,28,30);1H. The Bertz CT molecular complexity index is 1190. The molecule has 1 aromatic carbocycles. The zero-order valence-electron chi connectivity index (χ0n) is 18.0. The molecule has 12 heteroatoms. The monoisotopic (exact) mass is 514 g/mol. The largest absolute Gasteiger partial charge is 0.466 e. The molecule has 0 atom stereocenters. The number of carbonyl (C=O) groups is 1. The van der Waals surface area contributed by atoms with Crippen LogP contribution in [0.15, 0.2) is 29.2 Å². The highest BCUT2D eigenvalue weighted by Crippen LogP contribution is 2.33. The lowest BCUT2D eigenvalue weighted by molar-refractivity contribution is -0.158. The van der Waals surface area contributed by atoms with E-state index in [1.807, 2.05) is 6.07 Å². The summed E-state index contributed by atoms with van der Waals surface area (Å²) in [4.78, 5) is 32.9. The number of carbonyl (C=O) groups excluding carboxylic acids is 1. The number of anilines is 1. The average Bonchev–Trinajstić information content (AvgIpc) is 3.18. The molecule has 3 aromatic rings. The van der Waals surface area contributed by atoms with Crippen molar-refractivity contribution in [2.75, 3.05) is 25.0 Å². The summed E-state index contributed by atoms with van der Waals surface area (Å²) in [5, 5.41) is 11.6. The van der Waals surface area contributed by atoms with Crippen LogP contribution in [0.4, 0.5) is 5.95 Å². The molecule has 0 amide bonds. The van der Waals surface area contributed by atoms with Crippen LogP contribution in [0.25, 0.3) is 11.0 Å². The highest BCUT2D eigenvalue weighted by Gasteiger charge is 2.42. The van der Waals surface area contributed by atoms with Crippen molar-refractivity contribution in [3.8, 4) is 0 Å². The number of benzene rings is 1. The van der Waals surface area contributed by atoms with Crippen LogP contribution in [0.3, 0.4) is 0 Å². The van der Waals surface area contributed by atoms with Crippen molar-refractivity contribution < 1.29 is 9.53 Å². The van der Waals surface area contributed by atoms with Gasteiger partial charge in [0.2, 0.25) is 5.95 Å². The van der Waals surface area contributed by atoms with E-state index in [2.05, 4.69) is 25.7 Å². The molecule has 0 bridgehead atoms. The molecule has 1 aliphatic heterocycles. The lowest BCUT2D eigenvalue weighted by Crippen LogP contribution is -2.46. The molecular formula is C21H25Cl3N6O3. The Morgan fingerprint density at radius 2 is 2.03 bits per heavy atom. The van der Waals surface area contributed by atoms with Crippen molar-refractivity contribution in [1.29, 1.82) is 0 Å². The number of hydrogen-bond acceptors (Lipinski definition) is 7. The smallest absolute Gasteiger partial charge is 0.314 e. The molecule has 178 valence electrons. The maximum Gasteiger partial charge on any atom is 0.314 e. The topological polar surface area (TPSA) is 114 Å². The number of aromatic amines is 1. The van der Waals surface area contributed by atoms with Crippen molar-refractivity contribution in [2.24, 2.45) is 5.41 Å². The third kappa shape index (κ3) is 5.43. The van der Waals surface area contributed by atoms with Crippen LogP contribution in [0, 0.1) is 5.41 Å². The number of halogens is 3. The predicted molar refractivity (Wildman–Crippen MR) is 130 cm³/mol. The van der Waals surface area contributed by atoms with Crippen LogP contribution in [-0.2, 0) is 22.6 Å². The fraction of sp³-hybridized carbons (Fsp3) is 0.429. The molecule has 0 radical (unpaired) electrons. The molecule has 33 heavy (non-hydrogen) atoms. The summed E-state index contributed by atoms with van der Waals surface area (Å²) in [6, 6.07) is 5.30. The molecule has 0 saturated carbocycles. The second kappa shape index (κ2) is 10.7. The Kier molecular flexibility index (Phi) is 8.23. The highest BCUT2D eigenvalue weighted by atomic mass is 35.5. The average molecular weight is 516 g/mol. The molecule has 1 fully saturated rings. The van der Waals surface area contributed by atoms with Crippen molar-refractivity contribution in [3.05, 3.63) is 50.4 Å². The molecule has 0 spiro atoms. The summed E-state index contributed by atoms with van der Waals surface area (Å²) >= 11 is 12.0. The molecule has 0 aliphatic carbocycles. The number of nitrogens with zero attached hydrogens (tertiary/aromatic N) is 3. The van der Waals surface area contributed by atoms with Crippen molar-refractivity contribution in [2.45, 2.75) is 32.9 Å². The van der Waals surface area contributed by atoms with Gasteiger partial charge in [-0.3, -0.25) is 19.3 Å². The lowest BCUT2D eigenvalue weighted by Gasteiger charge is -2.35. The third-order valence-electron chi connectivity index (χ3n) is 5.66. The zero-order valence-corrected chi connectivity index (χ0v) is 20.3. The maximum atomic E-state index is 12.9. The summed E-state index contributed by atoms with van der Waals surface area (Å²) in [5.74, 6) is 0.0598. The van der Waals surface area contributed by atoms with Crippen LogP contribution < -0.4 is 16.2 Å². The molecular weight excluding hydrogens is 491 g/mol. The summed E-state index contributed by atoms with van der Waals surface area (Å²) in [6.45, 7) is 4.17. The normalized spacial score (nSPS) is 15.1. The summed E-state index contributed by atoms with van der Waals surface area (Å²) < 4.78 is 6.91. The number of fused-ring (bicyclic) bond motifs is 1. The molecule has 4 rings (SSSR count). The van der Waals surface area contributed by atoms with Gasteiger partial charge in [-0.15, -0.1) is 12.4 Å². The van der Waals surface area contributed by atoms with E-state index in [0.717, 1.165) is 5.56 Å². The number of esters is 1. The molecule has 1 saturated heterocycles. The predicted octanol–water partition coefficient (Wildman–Crippen LogP) is 3.39. The first-order chi connectivity index (χ1) is 15.4. The Morgan fingerprint density at radius 3 is 2.73 bits per heavy atom. The maximum absolute atomic E-state index is 12.9. The second-order valence-electron chi connectivity index (χ2n) is 7.80. The van der Waals surface area contributed by atoms with E-state index in [0.29, 0.717) is 66.1 Å². The summed E-state index contributed by atoms with van der Waals surface area (Å²) in [7, 11) is 0. The number of aromatic nitrogens is 4. The van der Waals surface area contributed by atoms with Gasteiger partial charge < -0.3 is 15.4 Å². The van der Waals surface area contributed by atoms with Crippen LogP contribution in [0.5, 0.6) is 0 Å². The van der Waals surface area contributed by atoms with Gasteiger partial charge in [-0.25, -0.2) is 4.98 Å². The van der Waals surface area contributed by atoms with Crippen LogP contribution in [0.1, 0.15) is 25.3 Å². The first-order valence-electron chi connectivity index (χ1n) is 10.4. The Hall–Kier alpha value is -2.33. The first kappa shape index (κ1) is 25.3. The molecule has 1 aliphatic rings. The van der Waals surface area contributed by atoms with Gasteiger partial charge in [0.25, 0.3) is 5.56 Å². The first-order valence-corrected chi connectivity index (χ1v) is 11.2. The van der Waals surface area contributed by atoms with Crippen LogP contribution >= 0.6 is 35.6 Å². The minimum atomic E-state index is -0.725. The van der Waals surface area contributed by atoms with Crippen molar-refractivity contribution >= 4 is 58.6 Å². The fourth-order valence-electron chi connectivity index (χ4n) is 3.95. The third-order valence-corrected chi connectivity index (χ3v) is 6.40. The molecule has 0 unspecified atom stereocenters. The van der Waals surface area contributed by atoms with Gasteiger partial charge in [-0.2, -0.15) is 5.10 Å². The van der Waals surface area contributed by atoms with E-state index in [4.69, 9.17) is 27.9 Å². The summed E-state index contributed by atoms with van der Waals surface area (Å²) in [5.41, 5.74) is 0.597. The zero-order chi connectivity index (χ0) is 22.7. The van der Waals surface area contributed by atoms with Crippen molar-refractivity contribution in [1.82, 2.24) is 25.1 Å². The number of piperidine rings is 1. The minimum absolute atomic E-state index is 0. The fourth-order valence-corrected chi connectivity index (χ4v) is 4.27. The van der Waals surface area contributed by atoms with Crippen LogP contribution in [-0.4, -0.2) is 45.4 Å². The Balaban J connectivity index is 0.00000306. The van der Waals surface area contributed by atoms with E-state index >= 15 is 0 Å². The number of ether oxygens (including phenoxy) is 1. The molecule has 2 aromatic heterocycles. The van der Waals surface area contributed by atoms with Gasteiger partial charge in [0.05, 0.1) is 34.8 Å². The van der Waals surface area contributed by atoms with Gasteiger partial charge in [0, 0.05) is 6.54 Å². The number of nitrogens with one attached hydrogen (secondary N) is 3. The minimum Gasteiger partial charge on any atom is -0.466 e. The number of H-pyrrole nitrogens is 1. The lowest BCUT2D eigenvalue weighted by atomic mass is 9.79. The number of hydrogen-bond donors (Lipinski definition) is 3. The second-order valence-corrected chi connectivity index (χ2v) is 8.62. The van der Waals surface area contributed by atoms with Gasteiger partial charge in [0.1, 0.15) is 5.52 Å². The van der Waals surface area contributed by atoms with E-state index < -0.39 is 5.41 Å². The van der Waals surface area contributed by atoms with E-state index in [9.17, 15) is 9.59 Å². The van der Waals surface area contributed by atoms with Gasteiger partial charge in [-0.05, 0) is 50.6 Å². The van der Waals surface area contributed by atoms with E-state index in [1.54, 1.807) is 23.7 Å². The van der Waals surface area contributed by atoms with E-state index in [1.165, 1.54) is 6.20 Å². The van der Waals surface area contributed by atoms with E-state index in [-0.39, 0.29) is 30.5 Å². The Labute approximate surface area is 206 Å².